The Morgan fingerprint density at radius 1 is 1.33 bits per heavy atom. The second-order valence-electron chi connectivity index (χ2n) is 5.89. The fourth-order valence-corrected chi connectivity index (χ4v) is 4.16. The summed E-state index contributed by atoms with van der Waals surface area (Å²) < 4.78 is 5.23. The Labute approximate surface area is 144 Å². The van der Waals surface area contributed by atoms with Crippen LogP contribution in [0, 0.1) is 0 Å². The van der Waals surface area contributed by atoms with Crippen molar-refractivity contribution >= 4 is 17.2 Å². The minimum Gasteiger partial charge on any atom is -0.361 e. The van der Waals surface area contributed by atoms with Gasteiger partial charge in [-0.05, 0) is 29.0 Å². The van der Waals surface area contributed by atoms with Crippen LogP contribution >= 0.6 is 11.3 Å². The molecule has 24 heavy (non-hydrogen) atoms. The highest BCUT2D eigenvalue weighted by Gasteiger charge is 2.34. The van der Waals surface area contributed by atoms with Gasteiger partial charge in [0.1, 0.15) is 5.76 Å². The lowest BCUT2D eigenvalue weighted by atomic mass is 9.93. The Morgan fingerprint density at radius 3 is 2.92 bits per heavy atom. The zero-order chi connectivity index (χ0) is 16.5. The second kappa shape index (κ2) is 6.24. The van der Waals surface area contributed by atoms with Gasteiger partial charge in [0.25, 0.3) is 5.91 Å². The van der Waals surface area contributed by atoms with Gasteiger partial charge in [0.15, 0.2) is 5.69 Å². The second-order valence-corrected chi connectivity index (χ2v) is 6.89. The average Bonchev–Trinajstić information content (AvgIpc) is 3.30. The molecule has 5 heteroatoms. The van der Waals surface area contributed by atoms with E-state index in [1.54, 1.807) is 17.4 Å². The SMILES string of the molecule is CCc1cc(C(=O)N2CCc3sccc3[C@H]2c2ccccc2)no1. The maximum absolute atomic E-state index is 13.1. The third-order valence-electron chi connectivity index (χ3n) is 4.47. The van der Waals surface area contributed by atoms with Crippen LogP contribution in [0.2, 0.25) is 0 Å². The number of carbonyl (C=O) groups excluding carboxylic acids is 1. The zero-order valence-electron chi connectivity index (χ0n) is 13.4. The molecule has 4 nitrogen and oxygen atoms in total. The van der Waals surface area contributed by atoms with Gasteiger partial charge in [0, 0.05) is 23.9 Å². The van der Waals surface area contributed by atoms with Gasteiger partial charge in [-0.1, -0.05) is 42.4 Å². The van der Waals surface area contributed by atoms with Crippen molar-refractivity contribution in [2.24, 2.45) is 0 Å². The van der Waals surface area contributed by atoms with Crippen molar-refractivity contribution in [3.8, 4) is 0 Å². The molecule has 0 saturated carbocycles. The fraction of sp³-hybridized carbons (Fsp3) is 0.263. The molecule has 1 atom stereocenters. The Kier molecular flexibility index (Phi) is 3.94. The van der Waals surface area contributed by atoms with E-state index in [1.807, 2.05) is 30.0 Å². The predicted molar refractivity (Wildman–Crippen MR) is 93.2 cm³/mol. The summed E-state index contributed by atoms with van der Waals surface area (Å²) in [5, 5.41) is 6.08. The van der Waals surface area contributed by atoms with Crippen LogP contribution in [0.1, 0.15) is 45.2 Å². The summed E-state index contributed by atoms with van der Waals surface area (Å²) in [6.45, 7) is 2.68. The minimum atomic E-state index is -0.0656. The van der Waals surface area contributed by atoms with Crippen LogP contribution in [0.15, 0.2) is 52.4 Å². The van der Waals surface area contributed by atoms with E-state index in [1.165, 1.54) is 10.4 Å². The molecule has 4 rings (SSSR count). The lowest BCUT2D eigenvalue weighted by Gasteiger charge is -2.35. The number of nitrogens with zero attached hydrogens (tertiary/aromatic N) is 2. The van der Waals surface area contributed by atoms with E-state index in [9.17, 15) is 4.79 Å². The molecule has 1 aliphatic rings. The zero-order valence-corrected chi connectivity index (χ0v) is 14.3. The van der Waals surface area contributed by atoms with Crippen molar-refractivity contribution in [2.75, 3.05) is 6.54 Å². The first kappa shape index (κ1) is 15.1. The highest BCUT2D eigenvalue weighted by atomic mass is 32.1. The van der Waals surface area contributed by atoms with Crippen LogP contribution in [0.4, 0.5) is 0 Å². The molecule has 0 aliphatic carbocycles. The number of fused-ring (bicyclic) bond motifs is 1. The standard InChI is InChI=1S/C19H18N2O2S/c1-2-14-12-16(20-23-14)19(22)21-10-8-17-15(9-11-24-17)18(21)13-6-4-3-5-7-13/h3-7,9,11-12,18H,2,8,10H2,1H3/t18-/m1/s1. The molecule has 0 N–H and O–H groups in total. The number of carbonyl (C=O) groups is 1. The Balaban J connectivity index is 1.75. The monoisotopic (exact) mass is 338 g/mol. The highest BCUT2D eigenvalue weighted by molar-refractivity contribution is 7.10. The van der Waals surface area contributed by atoms with Crippen LogP contribution in [0.3, 0.4) is 0 Å². The molecule has 2 aromatic heterocycles. The molecule has 0 saturated heterocycles. The summed E-state index contributed by atoms with van der Waals surface area (Å²) in [5.41, 5.74) is 2.75. The Hall–Kier alpha value is -2.40. The van der Waals surface area contributed by atoms with Crippen molar-refractivity contribution < 1.29 is 9.32 Å². The van der Waals surface area contributed by atoms with Crippen LogP contribution in [0.5, 0.6) is 0 Å². The maximum Gasteiger partial charge on any atom is 0.276 e. The molecule has 3 heterocycles. The molecular formula is C19H18N2O2S. The summed E-state index contributed by atoms with van der Waals surface area (Å²) in [6, 6.07) is 14.0. The van der Waals surface area contributed by atoms with Gasteiger partial charge in [0.2, 0.25) is 0 Å². The van der Waals surface area contributed by atoms with E-state index in [-0.39, 0.29) is 11.9 Å². The largest absolute Gasteiger partial charge is 0.361 e. The number of amides is 1. The normalized spacial score (nSPS) is 16.9. The molecular weight excluding hydrogens is 320 g/mol. The van der Waals surface area contributed by atoms with Gasteiger partial charge in [-0.15, -0.1) is 11.3 Å². The molecule has 1 aliphatic heterocycles. The van der Waals surface area contributed by atoms with Crippen LogP contribution in [0.25, 0.3) is 0 Å². The van der Waals surface area contributed by atoms with E-state index in [0.717, 1.165) is 24.2 Å². The lowest BCUT2D eigenvalue weighted by Crippen LogP contribution is -2.40. The van der Waals surface area contributed by atoms with Crippen molar-refractivity contribution in [3.63, 3.8) is 0 Å². The van der Waals surface area contributed by atoms with Crippen LogP contribution in [-0.2, 0) is 12.8 Å². The van der Waals surface area contributed by atoms with E-state index in [0.29, 0.717) is 12.2 Å². The van der Waals surface area contributed by atoms with Crippen LogP contribution in [-0.4, -0.2) is 22.5 Å². The number of aryl methyl sites for hydroxylation is 1. The van der Waals surface area contributed by atoms with Crippen molar-refractivity contribution in [3.05, 3.63) is 75.3 Å². The van der Waals surface area contributed by atoms with E-state index in [4.69, 9.17) is 4.52 Å². The summed E-state index contributed by atoms with van der Waals surface area (Å²) in [4.78, 5) is 16.3. The molecule has 3 aromatic rings. The topological polar surface area (TPSA) is 46.3 Å². The number of benzene rings is 1. The van der Waals surface area contributed by atoms with Gasteiger partial charge >= 0.3 is 0 Å². The van der Waals surface area contributed by atoms with Gasteiger partial charge in [-0.3, -0.25) is 4.79 Å². The average molecular weight is 338 g/mol. The number of hydrogen-bond acceptors (Lipinski definition) is 4. The molecule has 1 amide bonds. The van der Waals surface area contributed by atoms with Crippen molar-refractivity contribution in [1.29, 1.82) is 0 Å². The maximum atomic E-state index is 13.1. The van der Waals surface area contributed by atoms with Gasteiger partial charge < -0.3 is 9.42 Å². The first-order valence-electron chi connectivity index (χ1n) is 8.15. The lowest BCUT2D eigenvalue weighted by molar-refractivity contribution is 0.0685. The predicted octanol–water partition coefficient (Wildman–Crippen LogP) is 4.09. The molecule has 1 aromatic carbocycles. The summed E-state index contributed by atoms with van der Waals surface area (Å²) in [7, 11) is 0. The van der Waals surface area contributed by atoms with Crippen LogP contribution < -0.4 is 0 Å². The fourth-order valence-electron chi connectivity index (χ4n) is 3.26. The number of hydrogen-bond donors (Lipinski definition) is 0. The molecule has 0 bridgehead atoms. The third kappa shape index (κ3) is 2.55. The first-order valence-corrected chi connectivity index (χ1v) is 9.03. The summed E-state index contributed by atoms with van der Waals surface area (Å²) in [6.07, 6.45) is 1.62. The summed E-state index contributed by atoms with van der Waals surface area (Å²) >= 11 is 1.77. The highest BCUT2D eigenvalue weighted by Crippen LogP contribution is 2.38. The van der Waals surface area contributed by atoms with Gasteiger partial charge in [-0.2, -0.15) is 0 Å². The van der Waals surface area contributed by atoms with Crippen molar-refractivity contribution in [1.82, 2.24) is 10.1 Å². The molecule has 0 unspecified atom stereocenters. The molecule has 0 radical (unpaired) electrons. The van der Waals surface area contributed by atoms with E-state index >= 15 is 0 Å². The van der Waals surface area contributed by atoms with E-state index < -0.39 is 0 Å². The number of thiophene rings is 1. The number of rotatable bonds is 3. The number of aromatic nitrogens is 1. The summed E-state index contributed by atoms with van der Waals surface area (Å²) in [5.74, 6) is 0.673. The third-order valence-corrected chi connectivity index (χ3v) is 5.47. The van der Waals surface area contributed by atoms with Gasteiger partial charge in [0.05, 0.1) is 6.04 Å². The first-order chi connectivity index (χ1) is 11.8. The smallest absolute Gasteiger partial charge is 0.276 e. The van der Waals surface area contributed by atoms with Crippen molar-refractivity contribution in [2.45, 2.75) is 25.8 Å². The molecule has 0 fully saturated rings. The molecule has 0 spiro atoms. The Morgan fingerprint density at radius 2 is 2.17 bits per heavy atom. The minimum absolute atomic E-state index is 0.0597. The van der Waals surface area contributed by atoms with E-state index in [2.05, 4.69) is 28.7 Å². The molecule has 122 valence electrons. The van der Waals surface area contributed by atoms with Gasteiger partial charge in [-0.25, -0.2) is 0 Å². The Bertz CT molecular complexity index is 853. The quantitative estimate of drug-likeness (QED) is 0.723.